The summed E-state index contributed by atoms with van der Waals surface area (Å²) >= 11 is 0. The number of aromatic nitrogens is 2. The first kappa shape index (κ1) is 18.4. The minimum Gasteiger partial charge on any atom is -0.444 e. The Bertz CT molecular complexity index is 483. The average Bonchev–Trinajstić information content (AvgIpc) is 2.36. The molecule has 1 heterocycles. The van der Waals surface area contributed by atoms with Crippen molar-refractivity contribution in [2.24, 2.45) is 5.92 Å². The lowest BCUT2D eigenvalue weighted by Gasteiger charge is -2.24. The molecule has 0 saturated carbocycles. The SMILES string of the molecule is Cc1nccc(CNC(CNC(=O)OC(C)(C)C)C(C)C)n1. The number of nitrogens with one attached hydrogen (secondary N) is 2. The fourth-order valence-electron chi connectivity index (χ4n) is 1.89. The first-order valence-corrected chi connectivity index (χ1v) is 7.66. The lowest BCUT2D eigenvalue weighted by atomic mass is 10.0. The third kappa shape index (κ3) is 7.36. The molecule has 1 atom stereocenters. The third-order valence-electron chi connectivity index (χ3n) is 3.05. The molecule has 6 heteroatoms. The van der Waals surface area contributed by atoms with Gasteiger partial charge in [-0.15, -0.1) is 0 Å². The van der Waals surface area contributed by atoms with Crippen molar-refractivity contribution in [1.82, 2.24) is 20.6 Å². The standard InChI is InChI=1S/C16H28N4O2/c1-11(2)14(10-19-15(21)22-16(4,5)6)18-9-13-7-8-17-12(3)20-13/h7-8,11,14,18H,9-10H2,1-6H3,(H,19,21). The van der Waals surface area contributed by atoms with Gasteiger partial charge < -0.3 is 15.4 Å². The van der Waals surface area contributed by atoms with Crippen LogP contribution in [0.5, 0.6) is 0 Å². The molecule has 1 rings (SSSR count). The van der Waals surface area contributed by atoms with Crippen LogP contribution in [0.2, 0.25) is 0 Å². The molecule has 0 saturated heterocycles. The van der Waals surface area contributed by atoms with Crippen molar-refractivity contribution in [3.05, 3.63) is 23.8 Å². The molecule has 1 aromatic heterocycles. The fraction of sp³-hybridized carbons (Fsp3) is 0.688. The molecule has 0 spiro atoms. The van der Waals surface area contributed by atoms with Gasteiger partial charge in [-0.1, -0.05) is 13.8 Å². The number of rotatable bonds is 6. The van der Waals surface area contributed by atoms with Crippen LogP contribution in [0.4, 0.5) is 4.79 Å². The molecule has 0 aromatic carbocycles. The topological polar surface area (TPSA) is 76.1 Å². The molecule has 0 aliphatic rings. The molecule has 0 aliphatic heterocycles. The van der Waals surface area contributed by atoms with E-state index in [9.17, 15) is 4.79 Å². The zero-order valence-electron chi connectivity index (χ0n) is 14.4. The van der Waals surface area contributed by atoms with Gasteiger partial charge >= 0.3 is 6.09 Å². The molecule has 6 nitrogen and oxygen atoms in total. The second-order valence-electron chi connectivity index (χ2n) is 6.71. The van der Waals surface area contributed by atoms with E-state index in [2.05, 4.69) is 34.4 Å². The molecule has 0 fully saturated rings. The highest BCUT2D eigenvalue weighted by atomic mass is 16.6. The molecule has 124 valence electrons. The largest absolute Gasteiger partial charge is 0.444 e. The van der Waals surface area contributed by atoms with E-state index in [1.54, 1.807) is 6.20 Å². The Morgan fingerprint density at radius 1 is 1.36 bits per heavy atom. The van der Waals surface area contributed by atoms with Crippen LogP contribution in [0.25, 0.3) is 0 Å². The molecular weight excluding hydrogens is 280 g/mol. The Balaban J connectivity index is 2.47. The van der Waals surface area contributed by atoms with Crippen LogP contribution in [0.15, 0.2) is 12.3 Å². The van der Waals surface area contributed by atoms with E-state index in [1.807, 2.05) is 33.8 Å². The van der Waals surface area contributed by atoms with E-state index in [0.717, 1.165) is 11.5 Å². The number of amides is 1. The van der Waals surface area contributed by atoms with Crippen LogP contribution in [0.1, 0.15) is 46.1 Å². The maximum Gasteiger partial charge on any atom is 0.407 e. The van der Waals surface area contributed by atoms with E-state index in [1.165, 1.54) is 0 Å². The monoisotopic (exact) mass is 308 g/mol. The van der Waals surface area contributed by atoms with E-state index >= 15 is 0 Å². The third-order valence-corrected chi connectivity index (χ3v) is 3.05. The number of nitrogens with zero attached hydrogens (tertiary/aromatic N) is 2. The van der Waals surface area contributed by atoms with E-state index in [-0.39, 0.29) is 6.04 Å². The van der Waals surface area contributed by atoms with Gasteiger partial charge in [-0.3, -0.25) is 0 Å². The first-order valence-electron chi connectivity index (χ1n) is 7.66. The van der Waals surface area contributed by atoms with Gasteiger partial charge in [-0.2, -0.15) is 0 Å². The summed E-state index contributed by atoms with van der Waals surface area (Å²) in [5.41, 5.74) is 0.457. The van der Waals surface area contributed by atoms with Gasteiger partial charge in [0.1, 0.15) is 11.4 Å². The molecule has 1 aromatic rings. The van der Waals surface area contributed by atoms with E-state index in [0.29, 0.717) is 19.0 Å². The molecule has 1 unspecified atom stereocenters. The van der Waals surface area contributed by atoms with Crippen molar-refractivity contribution in [3.8, 4) is 0 Å². The minimum absolute atomic E-state index is 0.141. The summed E-state index contributed by atoms with van der Waals surface area (Å²) in [5.74, 6) is 1.13. The Labute approximate surface area is 133 Å². The predicted molar refractivity (Wildman–Crippen MR) is 86.5 cm³/mol. The molecule has 1 amide bonds. The number of hydrogen-bond acceptors (Lipinski definition) is 5. The first-order chi connectivity index (χ1) is 10.2. The Hall–Kier alpha value is -1.69. The summed E-state index contributed by atoms with van der Waals surface area (Å²) in [6.45, 7) is 12.8. The highest BCUT2D eigenvalue weighted by Crippen LogP contribution is 2.07. The summed E-state index contributed by atoms with van der Waals surface area (Å²) < 4.78 is 5.25. The number of alkyl carbamates (subject to hydrolysis) is 1. The fourth-order valence-corrected chi connectivity index (χ4v) is 1.89. The second-order valence-corrected chi connectivity index (χ2v) is 6.71. The number of aryl methyl sites for hydroxylation is 1. The van der Waals surface area contributed by atoms with Crippen molar-refractivity contribution in [2.45, 2.75) is 59.7 Å². The van der Waals surface area contributed by atoms with E-state index < -0.39 is 11.7 Å². The molecular formula is C16H28N4O2. The maximum atomic E-state index is 11.7. The Morgan fingerprint density at radius 2 is 2.05 bits per heavy atom. The lowest BCUT2D eigenvalue weighted by Crippen LogP contribution is -2.45. The van der Waals surface area contributed by atoms with Crippen molar-refractivity contribution in [2.75, 3.05) is 6.54 Å². The number of carbonyl (C=O) groups is 1. The Morgan fingerprint density at radius 3 is 2.59 bits per heavy atom. The lowest BCUT2D eigenvalue weighted by molar-refractivity contribution is 0.0519. The molecule has 0 bridgehead atoms. The van der Waals surface area contributed by atoms with Crippen LogP contribution in [-0.2, 0) is 11.3 Å². The highest BCUT2D eigenvalue weighted by Gasteiger charge is 2.18. The minimum atomic E-state index is -0.483. The molecule has 22 heavy (non-hydrogen) atoms. The van der Waals surface area contributed by atoms with Gasteiger partial charge in [0, 0.05) is 25.3 Å². The van der Waals surface area contributed by atoms with Gasteiger partial charge in [0.2, 0.25) is 0 Å². The maximum absolute atomic E-state index is 11.7. The molecule has 2 N–H and O–H groups in total. The summed E-state index contributed by atoms with van der Waals surface area (Å²) in [4.78, 5) is 20.2. The molecule has 0 aliphatic carbocycles. The number of ether oxygens (including phenoxy) is 1. The molecule has 0 radical (unpaired) electrons. The smallest absolute Gasteiger partial charge is 0.407 e. The number of hydrogen-bond donors (Lipinski definition) is 2. The van der Waals surface area contributed by atoms with Gasteiger partial charge in [0.05, 0.1) is 5.69 Å². The predicted octanol–water partition coefficient (Wildman–Crippen LogP) is 2.42. The second kappa shape index (κ2) is 8.08. The van der Waals surface area contributed by atoms with Crippen LogP contribution in [-0.4, -0.2) is 34.2 Å². The quantitative estimate of drug-likeness (QED) is 0.844. The summed E-state index contributed by atoms with van der Waals surface area (Å²) in [7, 11) is 0. The van der Waals surface area contributed by atoms with E-state index in [4.69, 9.17) is 4.74 Å². The van der Waals surface area contributed by atoms with Crippen molar-refractivity contribution in [3.63, 3.8) is 0 Å². The summed E-state index contributed by atoms with van der Waals surface area (Å²) in [5, 5.41) is 6.23. The Kier molecular flexibility index (Phi) is 6.74. The van der Waals surface area contributed by atoms with Gasteiger partial charge in [-0.05, 0) is 39.7 Å². The normalized spacial score (nSPS) is 13.0. The van der Waals surface area contributed by atoms with Crippen LogP contribution in [0, 0.1) is 12.8 Å². The highest BCUT2D eigenvalue weighted by molar-refractivity contribution is 5.67. The van der Waals surface area contributed by atoms with Crippen LogP contribution < -0.4 is 10.6 Å². The van der Waals surface area contributed by atoms with Gasteiger partial charge in [-0.25, -0.2) is 14.8 Å². The summed E-state index contributed by atoms with van der Waals surface area (Å²) in [6, 6.07) is 2.03. The van der Waals surface area contributed by atoms with Gasteiger partial charge in [0.25, 0.3) is 0 Å². The van der Waals surface area contributed by atoms with Crippen LogP contribution >= 0.6 is 0 Å². The van der Waals surface area contributed by atoms with Crippen molar-refractivity contribution < 1.29 is 9.53 Å². The van der Waals surface area contributed by atoms with Crippen LogP contribution in [0.3, 0.4) is 0 Å². The average molecular weight is 308 g/mol. The van der Waals surface area contributed by atoms with Gasteiger partial charge in [0.15, 0.2) is 0 Å². The summed E-state index contributed by atoms with van der Waals surface area (Å²) in [6.07, 6.45) is 1.36. The zero-order valence-corrected chi connectivity index (χ0v) is 14.4. The number of carbonyl (C=O) groups excluding carboxylic acids is 1. The zero-order chi connectivity index (χ0) is 16.8. The van der Waals surface area contributed by atoms with Crippen molar-refractivity contribution >= 4 is 6.09 Å². The van der Waals surface area contributed by atoms with Crippen molar-refractivity contribution in [1.29, 1.82) is 0 Å².